The molecule has 2 unspecified atom stereocenters. The first kappa shape index (κ1) is 17.9. The Balaban J connectivity index is 1.52. The minimum absolute atomic E-state index is 0.0164. The van der Waals surface area contributed by atoms with Gasteiger partial charge in [-0.2, -0.15) is 0 Å². The zero-order valence-corrected chi connectivity index (χ0v) is 14.4. The van der Waals surface area contributed by atoms with Crippen molar-refractivity contribution in [3.8, 4) is 0 Å². The van der Waals surface area contributed by atoms with E-state index in [4.69, 9.17) is 5.73 Å². The molecule has 1 aromatic heterocycles. The molecule has 5 N–H and O–H groups in total. The fraction of sp³-hybridized carbons (Fsp3) is 0.316. The summed E-state index contributed by atoms with van der Waals surface area (Å²) < 4.78 is 0. The number of pyridine rings is 1. The van der Waals surface area contributed by atoms with Crippen LogP contribution in [0.15, 0.2) is 48.8 Å². The molecule has 1 aliphatic rings. The second-order valence-corrected chi connectivity index (χ2v) is 6.50. The van der Waals surface area contributed by atoms with E-state index in [0.717, 1.165) is 24.8 Å². The third kappa shape index (κ3) is 5.03. The van der Waals surface area contributed by atoms with Gasteiger partial charge in [0.2, 0.25) is 5.91 Å². The van der Waals surface area contributed by atoms with Gasteiger partial charge in [0.1, 0.15) is 0 Å². The molecular formula is C19H23N5O2. The van der Waals surface area contributed by atoms with Crippen LogP contribution in [0.25, 0.3) is 0 Å². The van der Waals surface area contributed by atoms with Crippen molar-refractivity contribution >= 4 is 23.3 Å². The van der Waals surface area contributed by atoms with Crippen LogP contribution >= 0.6 is 0 Å². The van der Waals surface area contributed by atoms with Crippen molar-refractivity contribution in [2.75, 3.05) is 10.6 Å². The van der Waals surface area contributed by atoms with Gasteiger partial charge in [-0.1, -0.05) is 6.07 Å². The Morgan fingerprint density at radius 1 is 1.08 bits per heavy atom. The van der Waals surface area contributed by atoms with Crippen molar-refractivity contribution < 1.29 is 9.59 Å². The highest BCUT2D eigenvalue weighted by Gasteiger charge is 2.27. The molecule has 26 heavy (non-hydrogen) atoms. The minimum Gasteiger partial charge on any atom is -0.334 e. The number of hydrogen-bond acceptors (Lipinski definition) is 4. The van der Waals surface area contributed by atoms with E-state index >= 15 is 0 Å². The second-order valence-electron chi connectivity index (χ2n) is 6.50. The summed E-state index contributed by atoms with van der Waals surface area (Å²) in [6, 6.07) is 10.6. The molecular weight excluding hydrogens is 330 g/mol. The Morgan fingerprint density at radius 2 is 1.81 bits per heavy atom. The molecule has 0 radical (unpaired) electrons. The molecule has 7 nitrogen and oxygen atoms in total. The zero-order chi connectivity index (χ0) is 18.4. The zero-order valence-electron chi connectivity index (χ0n) is 14.4. The molecule has 7 heteroatoms. The molecule has 0 aliphatic heterocycles. The first-order chi connectivity index (χ1) is 12.6. The van der Waals surface area contributed by atoms with Crippen LogP contribution in [0.4, 0.5) is 16.2 Å². The van der Waals surface area contributed by atoms with Gasteiger partial charge in [0.05, 0.1) is 0 Å². The largest absolute Gasteiger partial charge is 0.334 e. The number of anilines is 2. The van der Waals surface area contributed by atoms with Crippen molar-refractivity contribution in [3.05, 3.63) is 54.4 Å². The van der Waals surface area contributed by atoms with E-state index in [1.54, 1.807) is 36.7 Å². The van der Waals surface area contributed by atoms with Crippen molar-refractivity contribution in [2.24, 2.45) is 11.7 Å². The SMILES string of the molecule is NC1CCC(C(=O)Nc2cccc(NC(=O)NCc3ccncc3)c2)C1. The lowest BCUT2D eigenvalue weighted by Crippen LogP contribution is -2.28. The van der Waals surface area contributed by atoms with Crippen molar-refractivity contribution in [1.82, 2.24) is 10.3 Å². The molecule has 0 bridgehead atoms. The van der Waals surface area contributed by atoms with Crippen LogP contribution in [0, 0.1) is 5.92 Å². The summed E-state index contributed by atoms with van der Waals surface area (Å²) in [7, 11) is 0. The number of carbonyl (C=O) groups is 2. The predicted molar refractivity (Wildman–Crippen MR) is 100 cm³/mol. The van der Waals surface area contributed by atoms with Gasteiger partial charge in [-0.25, -0.2) is 4.79 Å². The summed E-state index contributed by atoms with van der Waals surface area (Å²) in [5.41, 5.74) is 8.10. The van der Waals surface area contributed by atoms with Gasteiger partial charge >= 0.3 is 6.03 Å². The van der Waals surface area contributed by atoms with E-state index in [2.05, 4.69) is 20.9 Å². The smallest absolute Gasteiger partial charge is 0.319 e. The molecule has 1 saturated carbocycles. The maximum Gasteiger partial charge on any atom is 0.319 e. The van der Waals surface area contributed by atoms with Crippen LogP contribution in [-0.4, -0.2) is 23.0 Å². The molecule has 2 atom stereocenters. The van der Waals surface area contributed by atoms with Crippen LogP contribution < -0.4 is 21.7 Å². The van der Waals surface area contributed by atoms with Gasteiger partial charge in [0, 0.05) is 42.3 Å². The number of urea groups is 1. The van der Waals surface area contributed by atoms with Crippen LogP contribution in [0.3, 0.4) is 0 Å². The predicted octanol–water partition coefficient (Wildman–Crippen LogP) is 2.47. The van der Waals surface area contributed by atoms with E-state index in [9.17, 15) is 9.59 Å². The number of carbonyl (C=O) groups excluding carboxylic acids is 2. The summed E-state index contributed by atoms with van der Waals surface area (Å²) in [5, 5.41) is 8.45. The molecule has 0 saturated heterocycles. The minimum atomic E-state index is -0.313. The normalized spacial score (nSPS) is 19.0. The number of hydrogen-bond donors (Lipinski definition) is 4. The van der Waals surface area contributed by atoms with Gasteiger partial charge in [-0.05, 0) is 55.2 Å². The fourth-order valence-electron chi connectivity index (χ4n) is 3.03. The Kier molecular flexibility index (Phi) is 5.80. The van der Waals surface area contributed by atoms with Crippen LogP contribution in [0.5, 0.6) is 0 Å². The number of benzene rings is 1. The highest BCUT2D eigenvalue weighted by molar-refractivity contribution is 5.94. The maximum absolute atomic E-state index is 12.3. The quantitative estimate of drug-likeness (QED) is 0.662. The molecule has 2 aromatic rings. The topological polar surface area (TPSA) is 109 Å². The number of nitrogens with two attached hydrogens (primary N) is 1. The third-order valence-corrected chi connectivity index (χ3v) is 4.43. The summed E-state index contributed by atoms with van der Waals surface area (Å²) >= 11 is 0. The Labute approximate surface area is 152 Å². The Morgan fingerprint density at radius 3 is 2.50 bits per heavy atom. The van der Waals surface area contributed by atoms with Crippen LogP contribution in [-0.2, 0) is 11.3 Å². The summed E-state index contributed by atoms with van der Waals surface area (Å²) in [6.07, 6.45) is 5.79. The van der Waals surface area contributed by atoms with Crippen molar-refractivity contribution in [3.63, 3.8) is 0 Å². The average molecular weight is 353 g/mol. The summed E-state index contributed by atoms with van der Waals surface area (Å²) in [4.78, 5) is 28.2. The van der Waals surface area contributed by atoms with Gasteiger partial charge in [0.15, 0.2) is 0 Å². The van der Waals surface area contributed by atoms with Crippen molar-refractivity contribution in [2.45, 2.75) is 31.8 Å². The number of rotatable bonds is 5. The van der Waals surface area contributed by atoms with E-state index in [-0.39, 0.29) is 23.9 Å². The highest BCUT2D eigenvalue weighted by Crippen LogP contribution is 2.26. The lowest BCUT2D eigenvalue weighted by atomic mass is 10.1. The summed E-state index contributed by atoms with van der Waals surface area (Å²) in [5.74, 6) is -0.0532. The van der Waals surface area contributed by atoms with E-state index in [1.165, 1.54) is 0 Å². The summed E-state index contributed by atoms with van der Waals surface area (Å²) in [6.45, 7) is 0.409. The fourth-order valence-corrected chi connectivity index (χ4v) is 3.03. The van der Waals surface area contributed by atoms with Gasteiger partial charge in [-0.15, -0.1) is 0 Å². The second kappa shape index (κ2) is 8.44. The number of nitrogens with zero attached hydrogens (tertiary/aromatic N) is 1. The number of aromatic nitrogens is 1. The Bertz CT molecular complexity index is 766. The van der Waals surface area contributed by atoms with E-state index in [1.807, 2.05) is 12.1 Å². The number of amides is 3. The highest BCUT2D eigenvalue weighted by atomic mass is 16.2. The molecule has 136 valence electrons. The molecule has 1 heterocycles. The Hall–Kier alpha value is -2.93. The number of nitrogens with one attached hydrogen (secondary N) is 3. The average Bonchev–Trinajstić information content (AvgIpc) is 3.08. The lowest BCUT2D eigenvalue weighted by Gasteiger charge is -2.12. The molecule has 0 spiro atoms. The van der Waals surface area contributed by atoms with Crippen LogP contribution in [0.1, 0.15) is 24.8 Å². The molecule has 1 aromatic carbocycles. The molecule has 1 aliphatic carbocycles. The van der Waals surface area contributed by atoms with E-state index in [0.29, 0.717) is 17.9 Å². The van der Waals surface area contributed by atoms with Crippen molar-refractivity contribution in [1.29, 1.82) is 0 Å². The molecule has 3 rings (SSSR count). The standard InChI is InChI=1S/C19H23N5O2/c20-15-5-4-14(10-15)18(25)23-16-2-1-3-17(11-16)24-19(26)22-12-13-6-8-21-9-7-13/h1-3,6-9,11,14-15H,4-5,10,12,20H2,(H,23,25)(H2,22,24,26). The van der Waals surface area contributed by atoms with Gasteiger partial charge < -0.3 is 21.7 Å². The van der Waals surface area contributed by atoms with E-state index < -0.39 is 0 Å². The first-order valence-electron chi connectivity index (χ1n) is 8.70. The van der Waals surface area contributed by atoms with Gasteiger partial charge in [0.25, 0.3) is 0 Å². The maximum atomic E-state index is 12.3. The van der Waals surface area contributed by atoms with Gasteiger partial charge in [-0.3, -0.25) is 9.78 Å². The third-order valence-electron chi connectivity index (χ3n) is 4.43. The van der Waals surface area contributed by atoms with Crippen LogP contribution in [0.2, 0.25) is 0 Å². The monoisotopic (exact) mass is 353 g/mol. The molecule has 1 fully saturated rings. The molecule has 3 amide bonds. The first-order valence-corrected chi connectivity index (χ1v) is 8.70. The lowest BCUT2D eigenvalue weighted by molar-refractivity contribution is -0.119.